The molecule has 3 aromatic rings. The van der Waals surface area contributed by atoms with E-state index in [1.807, 2.05) is 27.7 Å². The number of aryl methyl sites for hydroxylation is 1. The van der Waals surface area contributed by atoms with Crippen molar-refractivity contribution in [3.05, 3.63) is 57.3 Å². The maximum absolute atomic E-state index is 12.7. The Hall–Kier alpha value is -3.05. The molecule has 180 valence electrons. The van der Waals surface area contributed by atoms with Crippen LogP contribution in [0, 0.1) is 12.3 Å². The van der Waals surface area contributed by atoms with Crippen molar-refractivity contribution in [2.75, 3.05) is 0 Å². The van der Waals surface area contributed by atoms with Crippen molar-refractivity contribution in [2.24, 2.45) is 10.4 Å². The smallest absolute Gasteiger partial charge is 0.349 e. The van der Waals surface area contributed by atoms with Gasteiger partial charge >= 0.3 is 16.1 Å². The molecule has 11 heteroatoms. The summed E-state index contributed by atoms with van der Waals surface area (Å²) in [5.41, 5.74) is 0.297. The minimum atomic E-state index is -4.16. The maximum atomic E-state index is 12.7. The summed E-state index contributed by atoms with van der Waals surface area (Å²) in [5.74, 6) is -1.52. The molecular weight excluding hydrogens is 478 g/mol. The second-order valence-electron chi connectivity index (χ2n) is 9.47. The van der Waals surface area contributed by atoms with Gasteiger partial charge in [-0.15, -0.1) is 11.3 Å². The molecule has 2 aromatic heterocycles. The summed E-state index contributed by atoms with van der Waals surface area (Å²) < 4.78 is 31.7. The van der Waals surface area contributed by atoms with E-state index in [1.165, 1.54) is 27.9 Å². The van der Waals surface area contributed by atoms with Gasteiger partial charge in [0, 0.05) is 23.4 Å². The molecular formula is C23H25N3O6S2. The first-order valence-electron chi connectivity index (χ1n) is 10.7. The van der Waals surface area contributed by atoms with E-state index in [0.717, 1.165) is 16.5 Å². The number of aliphatic carboxylic acids is 1. The monoisotopic (exact) mass is 503 g/mol. The van der Waals surface area contributed by atoms with Crippen LogP contribution in [0.1, 0.15) is 50.0 Å². The van der Waals surface area contributed by atoms with E-state index in [0.29, 0.717) is 6.42 Å². The molecule has 0 radical (unpaired) electrons. The van der Waals surface area contributed by atoms with E-state index in [4.69, 9.17) is 4.18 Å². The molecule has 1 N–H and O–H groups in total. The fraction of sp³-hybridized carbons (Fsp3) is 0.391. The van der Waals surface area contributed by atoms with Gasteiger partial charge in [-0.2, -0.15) is 13.4 Å². The molecule has 34 heavy (non-hydrogen) atoms. The fourth-order valence-corrected chi connectivity index (χ4v) is 5.75. The van der Waals surface area contributed by atoms with E-state index in [9.17, 15) is 23.1 Å². The van der Waals surface area contributed by atoms with Crippen LogP contribution in [0.2, 0.25) is 0 Å². The van der Waals surface area contributed by atoms with Crippen molar-refractivity contribution in [1.29, 1.82) is 0 Å². The van der Waals surface area contributed by atoms with Crippen LogP contribution in [-0.4, -0.2) is 40.6 Å². The lowest BCUT2D eigenvalue weighted by Gasteiger charge is -2.34. The van der Waals surface area contributed by atoms with Crippen molar-refractivity contribution >= 4 is 38.1 Å². The third-order valence-corrected chi connectivity index (χ3v) is 8.16. The van der Waals surface area contributed by atoms with Crippen LogP contribution >= 0.6 is 11.3 Å². The normalized spacial score (nSPS) is 19.1. The molecule has 9 nitrogen and oxygen atoms in total. The zero-order chi connectivity index (χ0) is 24.8. The van der Waals surface area contributed by atoms with Gasteiger partial charge in [0.2, 0.25) is 5.88 Å². The summed E-state index contributed by atoms with van der Waals surface area (Å²) in [4.78, 5) is 34.1. The van der Waals surface area contributed by atoms with E-state index in [1.54, 1.807) is 18.3 Å². The first-order valence-corrected chi connectivity index (χ1v) is 12.9. The van der Waals surface area contributed by atoms with Crippen LogP contribution in [0.15, 0.2) is 51.2 Å². The number of benzene rings is 1. The van der Waals surface area contributed by atoms with Gasteiger partial charge in [0.1, 0.15) is 10.6 Å². The average molecular weight is 504 g/mol. The number of thiazole rings is 1. The Labute approximate surface area is 200 Å². The van der Waals surface area contributed by atoms with Crippen LogP contribution in [0.5, 0.6) is 5.88 Å². The zero-order valence-corrected chi connectivity index (χ0v) is 20.8. The van der Waals surface area contributed by atoms with Crippen LogP contribution < -0.4 is 9.74 Å². The van der Waals surface area contributed by atoms with Crippen LogP contribution in [0.3, 0.4) is 0 Å². The van der Waals surface area contributed by atoms with Gasteiger partial charge in [-0.05, 0) is 30.9 Å². The lowest BCUT2D eigenvalue weighted by molar-refractivity contribution is -0.129. The number of nitrogens with zero attached hydrogens (tertiary/aromatic N) is 3. The highest BCUT2D eigenvalue weighted by Gasteiger charge is 2.35. The second-order valence-corrected chi connectivity index (χ2v) is 12.1. The third kappa shape index (κ3) is 4.90. The summed E-state index contributed by atoms with van der Waals surface area (Å²) in [6.45, 7) is 7.87. The van der Waals surface area contributed by atoms with Gasteiger partial charge in [0.25, 0.3) is 5.56 Å². The molecule has 1 aliphatic rings. The number of hydrogen-bond donors (Lipinski definition) is 1. The maximum Gasteiger partial charge on any atom is 0.349 e. The van der Waals surface area contributed by atoms with Crippen LogP contribution in [-0.2, 0) is 14.9 Å². The molecule has 2 atom stereocenters. The predicted molar refractivity (Wildman–Crippen MR) is 129 cm³/mol. The molecule has 1 aromatic carbocycles. The minimum absolute atomic E-state index is 0.0390. The summed E-state index contributed by atoms with van der Waals surface area (Å²) in [6, 6.07) is 6.99. The molecule has 0 bridgehead atoms. The van der Waals surface area contributed by atoms with Crippen molar-refractivity contribution < 1.29 is 22.5 Å². The number of carbonyl (C=O) groups is 1. The number of rotatable bonds is 5. The summed E-state index contributed by atoms with van der Waals surface area (Å²) in [6.07, 6.45) is 2.52. The highest BCUT2D eigenvalue weighted by Crippen LogP contribution is 2.39. The predicted octanol–water partition coefficient (Wildman–Crippen LogP) is 3.65. The molecule has 2 unspecified atom stereocenters. The van der Waals surface area contributed by atoms with Gasteiger partial charge in [0.15, 0.2) is 4.96 Å². The standard InChI is InChI=1S/C23H25N3O6S2/c1-13-5-7-15(8-6-13)34(30,31)32-19-11-20(27)26-12-17(33-22(26)25-19)14-9-16(21(28)29)24-18(10-14)23(2,3)4/h5-8,11-12,14,18H,9-10H2,1-4H3,(H,28,29). The molecule has 3 heterocycles. The molecule has 0 aliphatic carbocycles. The fourth-order valence-electron chi connectivity index (χ4n) is 3.78. The molecule has 0 fully saturated rings. The lowest BCUT2D eigenvalue weighted by atomic mass is 9.78. The number of hydrogen-bond acceptors (Lipinski definition) is 8. The zero-order valence-electron chi connectivity index (χ0n) is 19.2. The number of carboxylic acids is 1. The Morgan fingerprint density at radius 3 is 2.53 bits per heavy atom. The first-order chi connectivity index (χ1) is 15.8. The Morgan fingerprint density at radius 1 is 1.24 bits per heavy atom. The SMILES string of the molecule is Cc1ccc(S(=O)(=O)Oc2cc(=O)n3cc(C4CC(C(=O)O)=NC(C(C)(C)C)C4)sc3n2)cc1. The molecule has 0 saturated carbocycles. The molecule has 0 spiro atoms. The molecule has 0 amide bonds. The summed E-state index contributed by atoms with van der Waals surface area (Å²) in [7, 11) is -4.16. The average Bonchev–Trinajstić information content (AvgIpc) is 3.17. The van der Waals surface area contributed by atoms with Crippen molar-refractivity contribution in [1.82, 2.24) is 9.38 Å². The molecule has 4 rings (SSSR count). The second kappa shape index (κ2) is 8.62. The third-order valence-electron chi connectivity index (χ3n) is 5.77. The van der Waals surface area contributed by atoms with Crippen molar-refractivity contribution in [3.63, 3.8) is 0 Å². The van der Waals surface area contributed by atoms with Crippen molar-refractivity contribution in [2.45, 2.75) is 57.4 Å². The van der Waals surface area contributed by atoms with E-state index >= 15 is 0 Å². The highest BCUT2D eigenvalue weighted by molar-refractivity contribution is 7.87. The van der Waals surface area contributed by atoms with Gasteiger partial charge in [0.05, 0.1) is 12.1 Å². The quantitative estimate of drug-likeness (QED) is 0.527. The van der Waals surface area contributed by atoms with Gasteiger partial charge in [-0.1, -0.05) is 38.5 Å². The topological polar surface area (TPSA) is 127 Å². The van der Waals surface area contributed by atoms with Gasteiger partial charge in [-0.3, -0.25) is 14.2 Å². The summed E-state index contributed by atoms with van der Waals surface area (Å²) in [5, 5.41) is 9.56. The number of aromatic nitrogens is 2. The highest BCUT2D eigenvalue weighted by atomic mass is 32.2. The number of carboxylic acid groups (broad SMARTS) is 1. The Morgan fingerprint density at radius 2 is 1.91 bits per heavy atom. The van der Waals surface area contributed by atoms with E-state index in [-0.39, 0.29) is 45.2 Å². The van der Waals surface area contributed by atoms with Gasteiger partial charge < -0.3 is 9.29 Å². The minimum Gasteiger partial charge on any atom is -0.477 e. The summed E-state index contributed by atoms with van der Waals surface area (Å²) >= 11 is 1.21. The van der Waals surface area contributed by atoms with E-state index < -0.39 is 21.6 Å². The molecule has 0 saturated heterocycles. The van der Waals surface area contributed by atoms with Gasteiger partial charge in [-0.25, -0.2) is 4.79 Å². The van der Waals surface area contributed by atoms with E-state index in [2.05, 4.69) is 9.98 Å². The Kier molecular flexibility index (Phi) is 6.11. The van der Waals surface area contributed by atoms with Crippen LogP contribution in [0.25, 0.3) is 4.96 Å². The van der Waals surface area contributed by atoms with Crippen LogP contribution in [0.4, 0.5) is 0 Å². The Balaban J connectivity index is 1.67. The molecule has 1 aliphatic heterocycles. The lowest BCUT2D eigenvalue weighted by Crippen LogP contribution is -2.34. The number of fused-ring (bicyclic) bond motifs is 1. The Bertz CT molecular complexity index is 1450. The van der Waals surface area contributed by atoms with Crippen molar-refractivity contribution in [3.8, 4) is 5.88 Å². The largest absolute Gasteiger partial charge is 0.477 e. The first kappa shape index (κ1) is 24.1. The number of aliphatic imine (C=N–C) groups is 1.